The molecule has 1 fully saturated rings. The Labute approximate surface area is 150 Å². The largest absolute Gasteiger partial charge is 0.471 e. The summed E-state index contributed by atoms with van der Waals surface area (Å²) in [6.07, 6.45) is -4.42. The second-order valence-electron chi connectivity index (χ2n) is 7.31. The molecule has 0 radical (unpaired) electrons. The number of nitrogens with one attached hydrogen (secondary N) is 1. The molecular formula is C18H23F3N2O3. The number of benzene rings is 1. The van der Waals surface area contributed by atoms with Crippen molar-refractivity contribution in [1.29, 1.82) is 0 Å². The topological polar surface area (TPSA) is 58.6 Å². The summed E-state index contributed by atoms with van der Waals surface area (Å²) in [6, 6.07) is 7.12. The molecule has 0 unspecified atom stereocenters. The second-order valence-corrected chi connectivity index (χ2v) is 7.31. The number of rotatable bonds is 2. The number of amides is 2. The molecule has 1 aromatic rings. The van der Waals surface area contributed by atoms with E-state index in [9.17, 15) is 22.8 Å². The molecule has 1 N–H and O–H groups in total. The van der Waals surface area contributed by atoms with E-state index in [1.807, 2.05) is 12.1 Å². The van der Waals surface area contributed by atoms with E-state index in [-0.39, 0.29) is 19.0 Å². The lowest BCUT2D eigenvalue weighted by Crippen LogP contribution is -2.45. The Morgan fingerprint density at radius 1 is 1.08 bits per heavy atom. The van der Waals surface area contributed by atoms with Crippen LogP contribution in [0.5, 0.6) is 0 Å². The van der Waals surface area contributed by atoms with Gasteiger partial charge in [-0.1, -0.05) is 12.1 Å². The minimum atomic E-state index is -4.82. The molecule has 0 aromatic heterocycles. The molecule has 0 saturated carbocycles. The Kier molecular flexibility index (Phi) is 5.83. The van der Waals surface area contributed by atoms with Crippen LogP contribution in [0.25, 0.3) is 0 Å². The molecule has 1 aliphatic rings. The summed E-state index contributed by atoms with van der Waals surface area (Å²) in [5.74, 6) is -1.68. The van der Waals surface area contributed by atoms with Crippen LogP contribution in [0.4, 0.5) is 23.7 Å². The van der Waals surface area contributed by atoms with Gasteiger partial charge >= 0.3 is 18.2 Å². The number of alkyl halides is 3. The van der Waals surface area contributed by atoms with Gasteiger partial charge in [0.25, 0.3) is 0 Å². The van der Waals surface area contributed by atoms with Crippen LogP contribution in [0, 0.1) is 0 Å². The minimum absolute atomic E-state index is 0.0842. The fourth-order valence-electron chi connectivity index (χ4n) is 2.86. The summed E-state index contributed by atoms with van der Waals surface area (Å²) in [7, 11) is 0. The van der Waals surface area contributed by atoms with Crippen LogP contribution in [0.3, 0.4) is 0 Å². The Hall–Kier alpha value is -2.25. The van der Waals surface area contributed by atoms with E-state index in [0.29, 0.717) is 18.5 Å². The number of piperidine rings is 1. The van der Waals surface area contributed by atoms with Gasteiger partial charge in [0.1, 0.15) is 5.60 Å². The molecule has 26 heavy (non-hydrogen) atoms. The molecule has 2 amide bonds. The maximum atomic E-state index is 12.5. The molecule has 1 saturated heterocycles. The third kappa shape index (κ3) is 5.64. The van der Waals surface area contributed by atoms with Gasteiger partial charge in [0.05, 0.1) is 0 Å². The maximum absolute atomic E-state index is 12.5. The third-order valence-electron chi connectivity index (χ3n) is 4.05. The van der Waals surface area contributed by atoms with E-state index < -0.39 is 23.8 Å². The summed E-state index contributed by atoms with van der Waals surface area (Å²) < 4.78 is 42.6. The molecular weight excluding hydrogens is 349 g/mol. The maximum Gasteiger partial charge on any atom is 0.471 e. The third-order valence-corrected chi connectivity index (χ3v) is 4.05. The van der Waals surface area contributed by atoms with Crippen molar-refractivity contribution in [3.8, 4) is 0 Å². The van der Waals surface area contributed by atoms with Crippen LogP contribution in [0.2, 0.25) is 0 Å². The average molecular weight is 372 g/mol. The van der Waals surface area contributed by atoms with Gasteiger partial charge in [-0.3, -0.25) is 10.1 Å². The molecule has 2 rings (SSSR count). The Morgan fingerprint density at radius 3 is 2.08 bits per heavy atom. The smallest absolute Gasteiger partial charge is 0.444 e. The van der Waals surface area contributed by atoms with E-state index in [4.69, 9.17) is 4.74 Å². The van der Waals surface area contributed by atoms with Crippen LogP contribution in [-0.4, -0.2) is 41.8 Å². The van der Waals surface area contributed by atoms with Crippen LogP contribution < -0.4 is 5.32 Å². The Bertz CT molecular complexity index is 643. The number of anilines is 1. The van der Waals surface area contributed by atoms with E-state index in [1.165, 1.54) is 0 Å². The normalized spacial score (nSPS) is 16.3. The fourth-order valence-corrected chi connectivity index (χ4v) is 2.86. The average Bonchev–Trinajstić information content (AvgIpc) is 2.52. The number of carbonyl (C=O) groups is 2. The monoisotopic (exact) mass is 372 g/mol. The van der Waals surface area contributed by atoms with Gasteiger partial charge in [-0.05, 0) is 57.2 Å². The van der Waals surface area contributed by atoms with Crippen molar-refractivity contribution in [3.05, 3.63) is 29.8 Å². The molecule has 0 spiro atoms. The van der Waals surface area contributed by atoms with Gasteiger partial charge in [-0.2, -0.15) is 13.2 Å². The van der Waals surface area contributed by atoms with Crippen molar-refractivity contribution in [3.63, 3.8) is 0 Å². The highest BCUT2D eigenvalue weighted by molar-refractivity contribution is 5.84. The Balaban J connectivity index is 1.90. The molecule has 0 bridgehead atoms. The number of likely N-dealkylation sites (tertiary alicyclic amines) is 1. The summed E-state index contributed by atoms with van der Waals surface area (Å²) in [5.41, 5.74) is 0.956. The van der Waals surface area contributed by atoms with E-state index in [0.717, 1.165) is 10.5 Å². The predicted octanol–water partition coefficient (Wildman–Crippen LogP) is 4.30. The Morgan fingerprint density at radius 2 is 1.62 bits per heavy atom. The van der Waals surface area contributed by atoms with Crippen molar-refractivity contribution in [2.75, 3.05) is 18.4 Å². The van der Waals surface area contributed by atoms with Gasteiger partial charge in [0, 0.05) is 18.8 Å². The molecule has 0 atom stereocenters. The highest BCUT2D eigenvalue weighted by atomic mass is 19.4. The van der Waals surface area contributed by atoms with Crippen molar-refractivity contribution in [1.82, 2.24) is 4.90 Å². The SMILES string of the molecule is CC(C)(C)OC(=O)Nc1ccc(C2CCN(C(=O)C(F)(F)F)CC2)cc1. The van der Waals surface area contributed by atoms with Crippen LogP contribution in [0.1, 0.15) is 45.1 Å². The zero-order valence-electron chi connectivity index (χ0n) is 15.0. The lowest BCUT2D eigenvalue weighted by atomic mass is 9.89. The molecule has 144 valence electrons. The lowest BCUT2D eigenvalue weighted by molar-refractivity contribution is -0.186. The predicted molar refractivity (Wildman–Crippen MR) is 90.9 cm³/mol. The molecule has 1 aliphatic heterocycles. The van der Waals surface area contributed by atoms with Gasteiger partial charge in [0.15, 0.2) is 0 Å². The van der Waals surface area contributed by atoms with Crippen LogP contribution in [0.15, 0.2) is 24.3 Å². The van der Waals surface area contributed by atoms with Crippen molar-refractivity contribution in [2.24, 2.45) is 0 Å². The number of ether oxygens (including phenoxy) is 1. The second kappa shape index (κ2) is 7.55. The first-order valence-corrected chi connectivity index (χ1v) is 8.42. The lowest BCUT2D eigenvalue weighted by Gasteiger charge is -2.32. The zero-order valence-corrected chi connectivity index (χ0v) is 15.0. The molecule has 8 heteroatoms. The van der Waals surface area contributed by atoms with Crippen molar-refractivity contribution >= 4 is 17.7 Å². The number of nitrogens with zero attached hydrogens (tertiary/aromatic N) is 1. The zero-order chi connectivity index (χ0) is 19.5. The van der Waals surface area contributed by atoms with Crippen molar-refractivity contribution < 1.29 is 27.5 Å². The highest BCUT2D eigenvalue weighted by Crippen LogP contribution is 2.30. The van der Waals surface area contributed by atoms with E-state index in [2.05, 4.69) is 5.32 Å². The summed E-state index contributed by atoms with van der Waals surface area (Å²) in [4.78, 5) is 23.8. The van der Waals surface area contributed by atoms with Gasteiger partial charge in [0.2, 0.25) is 0 Å². The van der Waals surface area contributed by atoms with E-state index in [1.54, 1.807) is 32.9 Å². The first-order chi connectivity index (χ1) is 12.0. The van der Waals surface area contributed by atoms with Crippen molar-refractivity contribution in [2.45, 2.75) is 51.3 Å². The molecule has 5 nitrogen and oxygen atoms in total. The minimum Gasteiger partial charge on any atom is -0.444 e. The van der Waals surface area contributed by atoms with Crippen LogP contribution in [-0.2, 0) is 9.53 Å². The summed E-state index contributed by atoms with van der Waals surface area (Å²) >= 11 is 0. The number of hydrogen-bond donors (Lipinski definition) is 1. The van der Waals surface area contributed by atoms with Gasteiger partial charge in [-0.25, -0.2) is 4.79 Å². The fraction of sp³-hybridized carbons (Fsp3) is 0.556. The van der Waals surface area contributed by atoms with Gasteiger partial charge in [-0.15, -0.1) is 0 Å². The molecule has 1 heterocycles. The van der Waals surface area contributed by atoms with E-state index >= 15 is 0 Å². The number of hydrogen-bond acceptors (Lipinski definition) is 3. The highest BCUT2D eigenvalue weighted by Gasteiger charge is 2.43. The number of carbonyl (C=O) groups excluding carboxylic acids is 2. The van der Waals surface area contributed by atoms with Crippen LogP contribution >= 0.6 is 0 Å². The standard InChI is InChI=1S/C18H23F3N2O3/c1-17(2,3)26-16(25)22-14-6-4-12(5-7-14)13-8-10-23(11-9-13)15(24)18(19,20)21/h4-7,13H,8-11H2,1-3H3,(H,22,25). The number of halogens is 3. The first kappa shape index (κ1) is 20.1. The quantitative estimate of drug-likeness (QED) is 0.842. The molecule has 1 aromatic carbocycles. The van der Waals surface area contributed by atoms with Gasteiger partial charge < -0.3 is 9.64 Å². The summed E-state index contributed by atoms with van der Waals surface area (Å²) in [6.45, 7) is 5.48. The summed E-state index contributed by atoms with van der Waals surface area (Å²) in [5, 5.41) is 2.63. The first-order valence-electron chi connectivity index (χ1n) is 8.42. The molecule has 0 aliphatic carbocycles.